The van der Waals surface area contributed by atoms with Gasteiger partial charge in [-0.15, -0.1) is 0 Å². The molecule has 0 aliphatic rings. The first-order valence-electron chi connectivity index (χ1n) is 6.08. The molecule has 1 atom stereocenters. The largest absolute Gasteiger partial charge is 0.508 e. The summed E-state index contributed by atoms with van der Waals surface area (Å²) >= 11 is 6.17. The van der Waals surface area contributed by atoms with E-state index >= 15 is 0 Å². The van der Waals surface area contributed by atoms with Gasteiger partial charge in [0.25, 0.3) is 5.69 Å². The fourth-order valence-electron chi connectivity index (χ4n) is 1.64. The van der Waals surface area contributed by atoms with Gasteiger partial charge in [-0.1, -0.05) is 12.1 Å². The number of phenols is 2. The third kappa shape index (κ3) is 4.38. The quantitative estimate of drug-likeness (QED) is 0.727. The summed E-state index contributed by atoms with van der Waals surface area (Å²) in [6, 6.07) is 9.49. The van der Waals surface area contributed by atoms with Gasteiger partial charge >= 0.3 is 0 Å². The van der Waals surface area contributed by atoms with Crippen LogP contribution in [0.2, 0.25) is 0 Å². The molecule has 0 heterocycles. The van der Waals surface area contributed by atoms with Crippen molar-refractivity contribution in [2.75, 3.05) is 0 Å². The number of hydrogen-bond donors (Lipinski definition) is 3. The predicted octanol–water partition coefficient (Wildman–Crippen LogP) is 4.10. The average molecular weight is 342 g/mol. The smallest absolute Gasteiger partial charge is 0.299 e. The molecule has 1 unspecified atom stereocenters. The zero-order valence-electron chi connectivity index (χ0n) is 11.5. The molecule has 21 heavy (non-hydrogen) atoms. The molecule has 2 aromatic rings. The van der Waals surface area contributed by atoms with Crippen molar-refractivity contribution in [1.29, 1.82) is 0 Å². The third-order valence-electron chi connectivity index (χ3n) is 2.77. The van der Waals surface area contributed by atoms with Crippen LogP contribution in [0.5, 0.6) is 17.2 Å². The number of aryl methyl sites for hydroxylation is 2. The van der Waals surface area contributed by atoms with Gasteiger partial charge in [-0.3, -0.25) is 0 Å². The minimum absolute atomic E-state index is 0.0455. The van der Waals surface area contributed by atoms with Crippen LogP contribution in [-0.4, -0.2) is 15.1 Å². The van der Waals surface area contributed by atoms with Crippen molar-refractivity contribution in [2.45, 2.75) is 18.7 Å². The maximum atomic E-state index is 10.4. The molecule has 0 radical (unpaired) electrons. The average Bonchev–Trinajstić information content (AvgIpc) is 2.37. The van der Waals surface area contributed by atoms with Crippen molar-refractivity contribution in [2.24, 2.45) is 0 Å². The van der Waals surface area contributed by atoms with E-state index < -0.39 is 5.69 Å². The Kier molecular flexibility index (Phi) is 4.84. The molecule has 112 valence electrons. The Morgan fingerprint density at radius 1 is 1.00 bits per heavy atom. The van der Waals surface area contributed by atoms with Crippen LogP contribution >= 0.6 is 17.1 Å². The van der Waals surface area contributed by atoms with E-state index in [2.05, 4.69) is 0 Å². The van der Waals surface area contributed by atoms with Crippen molar-refractivity contribution < 1.29 is 19.6 Å². The molecular weight excluding hydrogens is 327 g/mol. The highest BCUT2D eigenvalue weighted by Crippen LogP contribution is 2.60. The van der Waals surface area contributed by atoms with Gasteiger partial charge in [0, 0.05) is 11.0 Å². The molecule has 2 rings (SSSR count). The van der Waals surface area contributed by atoms with Gasteiger partial charge in [0.05, 0.1) is 0 Å². The van der Waals surface area contributed by atoms with E-state index in [1.54, 1.807) is 25.1 Å². The summed E-state index contributed by atoms with van der Waals surface area (Å²) in [5.74, 6) is 0.502. The third-order valence-corrected chi connectivity index (χ3v) is 6.47. The number of rotatable bonds is 4. The SMILES string of the molecule is Cc1ccc(O)cc1OP(O)(=S)Sc1cc(O)ccc1C. The first kappa shape index (κ1) is 16.2. The lowest BCUT2D eigenvalue weighted by Crippen LogP contribution is -1.91. The zero-order chi connectivity index (χ0) is 15.6. The summed E-state index contributed by atoms with van der Waals surface area (Å²) in [5, 5.41) is 19.0. The maximum Gasteiger partial charge on any atom is 0.299 e. The standard InChI is InChI=1S/C14H15O4PS2/c1-9-3-5-11(15)7-13(9)18-19(17,20)21-14-8-12(16)6-4-10(14)2/h3-8,15-16H,1-2H3,(H,17,20). The highest BCUT2D eigenvalue weighted by molar-refractivity contribution is 8.67. The molecule has 0 saturated carbocycles. The van der Waals surface area contributed by atoms with E-state index in [1.807, 2.05) is 6.92 Å². The van der Waals surface area contributed by atoms with Crippen LogP contribution in [0, 0.1) is 13.8 Å². The van der Waals surface area contributed by atoms with E-state index in [0.29, 0.717) is 10.6 Å². The summed E-state index contributed by atoms with van der Waals surface area (Å²) in [5.41, 5.74) is -1.55. The van der Waals surface area contributed by atoms with Crippen molar-refractivity contribution in [1.82, 2.24) is 0 Å². The first-order chi connectivity index (χ1) is 9.77. The fraction of sp³-hybridized carbons (Fsp3) is 0.143. The van der Waals surface area contributed by atoms with Crippen LogP contribution in [0.4, 0.5) is 0 Å². The maximum absolute atomic E-state index is 10.4. The Balaban J connectivity index is 2.24. The molecule has 7 heteroatoms. The van der Waals surface area contributed by atoms with Crippen LogP contribution in [0.3, 0.4) is 0 Å². The number of aromatic hydroxyl groups is 2. The molecule has 0 aromatic heterocycles. The molecule has 0 aliphatic heterocycles. The first-order valence-corrected chi connectivity index (χ1v) is 10.2. The number of hydrogen-bond acceptors (Lipinski definition) is 5. The van der Waals surface area contributed by atoms with Gasteiger partial charge in [0.2, 0.25) is 0 Å². The minimum atomic E-state index is -3.20. The Morgan fingerprint density at radius 2 is 1.57 bits per heavy atom. The van der Waals surface area contributed by atoms with E-state index in [-0.39, 0.29) is 11.5 Å². The van der Waals surface area contributed by atoms with E-state index in [9.17, 15) is 15.1 Å². The second-order valence-electron chi connectivity index (χ2n) is 4.55. The summed E-state index contributed by atoms with van der Waals surface area (Å²) < 4.78 is 5.52. The van der Waals surface area contributed by atoms with Gasteiger partial charge in [-0.2, -0.15) is 0 Å². The van der Waals surface area contributed by atoms with Gasteiger partial charge in [-0.05, 0) is 66.4 Å². The normalized spacial score (nSPS) is 13.7. The predicted molar refractivity (Wildman–Crippen MR) is 88.7 cm³/mol. The van der Waals surface area contributed by atoms with E-state index in [1.165, 1.54) is 18.2 Å². The molecule has 0 aliphatic carbocycles. The van der Waals surface area contributed by atoms with Crippen LogP contribution in [0.25, 0.3) is 0 Å². The highest BCUT2D eigenvalue weighted by Gasteiger charge is 2.20. The van der Waals surface area contributed by atoms with Crippen molar-refractivity contribution in [3.8, 4) is 17.2 Å². The van der Waals surface area contributed by atoms with Gasteiger partial charge < -0.3 is 19.6 Å². The Morgan fingerprint density at radius 3 is 2.24 bits per heavy atom. The van der Waals surface area contributed by atoms with Gasteiger partial charge in [-0.25, -0.2) is 0 Å². The second-order valence-corrected chi connectivity index (χ2v) is 10.5. The number of phenolic OH excluding ortho intramolecular Hbond substituents is 2. The van der Waals surface area contributed by atoms with Crippen LogP contribution < -0.4 is 4.52 Å². The van der Waals surface area contributed by atoms with Crippen LogP contribution in [0.1, 0.15) is 11.1 Å². The fourth-order valence-corrected chi connectivity index (χ4v) is 5.41. The van der Waals surface area contributed by atoms with Gasteiger partial charge in [0.1, 0.15) is 17.2 Å². The molecular formula is C14H15O4PS2. The highest BCUT2D eigenvalue weighted by atomic mass is 32.9. The Hall–Kier alpha value is -1.20. The molecule has 0 amide bonds. The molecule has 4 nitrogen and oxygen atoms in total. The zero-order valence-corrected chi connectivity index (χ0v) is 14.0. The van der Waals surface area contributed by atoms with Crippen molar-refractivity contribution >= 4 is 28.9 Å². The summed E-state index contributed by atoms with van der Waals surface area (Å²) in [4.78, 5) is 11.0. The lowest BCUT2D eigenvalue weighted by molar-refractivity contribution is 0.465. The monoisotopic (exact) mass is 342 g/mol. The van der Waals surface area contributed by atoms with Crippen LogP contribution in [0.15, 0.2) is 41.3 Å². The van der Waals surface area contributed by atoms with Crippen molar-refractivity contribution in [3.63, 3.8) is 0 Å². The summed E-state index contributed by atoms with van der Waals surface area (Å²) in [7, 11) is 0. The Bertz CT molecular complexity index is 661. The second kappa shape index (κ2) is 6.28. The summed E-state index contributed by atoms with van der Waals surface area (Å²) in [6.07, 6.45) is 0. The van der Waals surface area contributed by atoms with E-state index in [0.717, 1.165) is 22.5 Å². The van der Waals surface area contributed by atoms with Crippen LogP contribution in [-0.2, 0) is 11.8 Å². The molecule has 0 spiro atoms. The lowest BCUT2D eigenvalue weighted by Gasteiger charge is -2.18. The summed E-state index contributed by atoms with van der Waals surface area (Å²) in [6.45, 7) is 3.66. The number of benzene rings is 2. The topological polar surface area (TPSA) is 69.9 Å². The molecule has 0 fully saturated rings. The Labute approximate surface area is 132 Å². The van der Waals surface area contributed by atoms with E-state index in [4.69, 9.17) is 16.3 Å². The molecule has 3 N–H and O–H groups in total. The van der Waals surface area contributed by atoms with Gasteiger partial charge in [0.15, 0.2) is 0 Å². The molecule has 2 aromatic carbocycles. The minimum Gasteiger partial charge on any atom is -0.508 e. The van der Waals surface area contributed by atoms with Crippen molar-refractivity contribution in [3.05, 3.63) is 47.5 Å². The molecule has 0 saturated heterocycles. The lowest BCUT2D eigenvalue weighted by atomic mass is 10.2. The molecule has 0 bridgehead atoms.